The van der Waals surface area contributed by atoms with E-state index in [1.54, 1.807) is 0 Å². The maximum absolute atomic E-state index is 6.58. The van der Waals surface area contributed by atoms with Crippen LogP contribution in [0.5, 0.6) is 0 Å². The summed E-state index contributed by atoms with van der Waals surface area (Å²) in [5.41, 5.74) is 5.60. The van der Waals surface area contributed by atoms with Crippen molar-refractivity contribution in [2.24, 2.45) is 0 Å². The first-order valence-electron chi connectivity index (χ1n) is 5.97. The molecular weight excluding hydrogens is 263 g/mol. The highest BCUT2D eigenvalue weighted by molar-refractivity contribution is 6.33. The predicted molar refractivity (Wildman–Crippen MR) is 79.8 cm³/mol. The summed E-state index contributed by atoms with van der Waals surface area (Å²) in [6.45, 7) is 6.17. The first-order valence-corrected chi connectivity index (χ1v) is 6.78. The molecule has 94 valence electrons. The summed E-state index contributed by atoms with van der Waals surface area (Å²) in [6.07, 6.45) is 0. The van der Waals surface area contributed by atoms with Crippen LogP contribution in [-0.2, 0) is 0 Å². The Bertz CT molecular complexity index is 573. The van der Waals surface area contributed by atoms with Gasteiger partial charge in [-0.1, -0.05) is 53.6 Å². The third-order valence-corrected chi connectivity index (χ3v) is 4.18. The zero-order chi connectivity index (χ0) is 13.3. The van der Waals surface area contributed by atoms with Gasteiger partial charge in [0.25, 0.3) is 0 Å². The van der Waals surface area contributed by atoms with Gasteiger partial charge in [0, 0.05) is 5.02 Å². The van der Waals surface area contributed by atoms with Crippen molar-refractivity contribution in [3.05, 3.63) is 69.2 Å². The normalized spacial score (nSPS) is 12.5. The fourth-order valence-corrected chi connectivity index (χ4v) is 2.86. The highest BCUT2D eigenvalue weighted by Gasteiger charge is 2.16. The number of aryl methyl sites for hydroxylation is 3. The van der Waals surface area contributed by atoms with Crippen LogP contribution in [0.4, 0.5) is 0 Å². The van der Waals surface area contributed by atoms with Crippen molar-refractivity contribution in [2.45, 2.75) is 26.1 Å². The molecule has 0 aliphatic rings. The third-order valence-electron chi connectivity index (χ3n) is 3.19. The molecule has 0 saturated carbocycles. The summed E-state index contributed by atoms with van der Waals surface area (Å²) >= 11 is 12.9. The molecule has 0 fully saturated rings. The lowest BCUT2D eigenvalue weighted by atomic mass is 9.97. The van der Waals surface area contributed by atoms with Crippen molar-refractivity contribution in [1.82, 2.24) is 0 Å². The Balaban J connectivity index is 2.48. The molecule has 2 aromatic carbocycles. The fourth-order valence-electron chi connectivity index (χ4n) is 2.14. The van der Waals surface area contributed by atoms with Crippen LogP contribution in [0.1, 0.15) is 33.2 Å². The first-order chi connectivity index (χ1) is 8.50. The van der Waals surface area contributed by atoms with E-state index in [4.69, 9.17) is 23.2 Å². The molecule has 2 aromatic rings. The monoisotopic (exact) mass is 278 g/mol. The molecule has 0 spiro atoms. The number of hydrogen-bond acceptors (Lipinski definition) is 0. The van der Waals surface area contributed by atoms with Crippen molar-refractivity contribution in [3.8, 4) is 0 Å². The molecule has 0 saturated heterocycles. The van der Waals surface area contributed by atoms with Crippen LogP contribution in [0.25, 0.3) is 0 Å². The minimum atomic E-state index is -0.196. The Kier molecular flexibility index (Phi) is 3.99. The van der Waals surface area contributed by atoms with Crippen LogP contribution in [0.2, 0.25) is 5.02 Å². The second-order valence-corrected chi connectivity index (χ2v) is 5.52. The maximum Gasteiger partial charge on any atom is 0.0852 e. The summed E-state index contributed by atoms with van der Waals surface area (Å²) in [6, 6.07) is 12.3. The summed E-state index contributed by atoms with van der Waals surface area (Å²) in [4.78, 5) is 0. The van der Waals surface area contributed by atoms with Gasteiger partial charge in [0.2, 0.25) is 0 Å². The number of hydrogen-bond donors (Lipinski definition) is 0. The van der Waals surface area contributed by atoms with Crippen molar-refractivity contribution >= 4 is 23.2 Å². The van der Waals surface area contributed by atoms with Gasteiger partial charge in [0.15, 0.2) is 0 Å². The van der Waals surface area contributed by atoms with Gasteiger partial charge in [-0.25, -0.2) is 0 Å². The zero-order valence-electron chi connectivity index (χ0n) is 10.8. The van der Waals surface area contributed by atoms with Gasteiger partial charge in [-0.15, -0.1) is 11.6 Å². The lowest BCUT2D eigenvalue weighted by Crippen LogP contribution is -1.98. The molecule has 0 aliphatic carbocycles. The second-order valence-electron chi connectivity index (χ2n) is 4.70. The van der Waals surface area contributed by atoms with Gasteiger partial charge < -0.3 is 0 Å². The molecule has 2 rings (SSSR count). The Morgan fingerprint density at radius 1 is 0.889 bits per heavy atom. The average molecular weight is 279 g/mol. The van der Waals surface area contributed by atoms with Gasteiger partial charge in [-0.3, -0.25) is 0 Å². The summed E-state index contributed by atoms with van der Waals surface area (Å²) in [5.74, 6) is 0. The number of benzene rings is 2. The lowest BCUT2D eigenvalue weighted by molar-refractivity contribution is 1.10. The number of halogens is 2. The lowest BCUT2D eigenvalue weighted by Gasteiger charge is -2.16. The van der Waals surface area contributed by atoms with Crippen LogP contribution in [-0.4, -0.2) is 0 Å². The molecule has 0 nitrogen and oxygen atoms in total. The Morgan fingerprint density at radius 2 is 1.61 bits per heavy atom. The molecule has 0 aliphatic heterocycles. The van der Waals surface area contributed by atoms with E-state index in [0.29, 0.717) is 0 Å². The molecule has 1 atom stereocenters. The molecular formula is C16H16Cl2. The van der Waals surface area contributed by atoms with Crippen molar-refractivity contribution < 1.29 is 0 Å². The van der Waals surface area contributed by atoms with Gasteiger partial charge >= 0.3 is 0 Å². The summed E-state index contributed by atoms with van der Waals surface area (Å²) < 4.78 is 0. The fraction of sp³-hybridized carbons (Fsp3) is 0.250. The van der Waals surface area contributed by atoms with Gasteiger partial charge in [-0.05, 0) is 43.0 Å². The molecule has 0 radical (unpaired) electrons. The van der Waals surface area contributed by atoms with E-state index < -0.39 is 0 Å². The van der Waals surface area contributed by atoms with Crippen LogP contribution in [0.15, 0.2) is 36.4 Å². The molecule has 0 aromatic heterocycles. The third kappa shape index (κ3) is 2.55. The molecule has 0 bridgehead atoms. The maximum atomic E-state index is 6.58. The number of alkyl halides is 1. The van der Waals surface area contributed by atoms with E-state index >= 15 is 0 Å². The zero-order valence-corrected chi connectivity index (χ0v) is 12.3. The van der Waals surface area contributed by atoms with Crippen LogP contribution in [0.3, 0.4) is 0 Å². The predicted octanol–water partition coefficient (Wildman–Crippen LogP) is 5.59. The number of rotatable bonds is 2. The van der Waals surface area contributed by atoms with E-state index in [0.717, 1.165) is 21.7 Å². The standard InChI is InChI=1S/C16H16Cl2/c1-10-7-8-13(12(3)9-10)16(18)14-6-4-5-11(2)15(14)17/h4-9,16H,1-3H3. The SMILES string of the molecule is Cc1ccc(C(Cl)c2cccc(C)c2Cl)c(C)c1. The first kappa shape index (κ1) is 13.5. The summed E-state index contributed by atoms with van der Waals surface area (Å²) in [7, 11) is 0. The van der Waals surface area contributed by atoms with Crippen LogP contribution >= 0.6 is 23.2 Å². The van der Waals surface area contributed by atoms with E-state index in [9.17, 15) is 0 Å². The highest BCUT2D eigenvalue weighted by atomic mass is 35.5. The van der Waals surface area contributed by atoms with E-state index in [1.165, 1.54) is 11.1 Å². The summed E-state index contributed by atoms with van der Waals surface area (Å²) in [5, 5.41) is 0.565. The molecule has 0 amide bonds. The average Bonchev–Trinajstić information content (AvgIpc) is 2.32. The van der Waals surface area contributed by atoms with Gasteiger partial charge in [0.05, 0.1) is 5.38 Å². The van der Waals surface area contributed by atoms with Crippen molar-refractivity contribution in [1.29, 1.82) is 0 Å². The molecule has 1 unspecified atom stereocenters. The molecule has 2 heteroatoms. The minimum Gasteiger partial charge on any atom is -0.113 e. The topological polar surface area (TPSA) is 0 Å². The smallest absolute Gasteiger partial charge is 0.0852 e. The molecule has 18 heavy (non-hydrogen) atoms. The Morgan fingerprint density at radius 3 is 2.28 bits per heavy atom. The van der Waals surface area contributed by atoms with Crippen LogP contribution < -0.4 is 0 Å². The van der Waals surface area contributed by atoms with Gasteiger partial charge in [-0.2, -0.15) is 0 Å². The van der Waals surface area contributed by atoms with Crippen molar-refractivity contribution in [2.75, 3.05) is 0 Å². The van der Waals surface area contributed by atoms with Gasteiger partial charge in [0.1, 0.15) is 0 Å². The second kappa shape index (κ2) is 5.34. The van der Waals surface area contributed by atoms with E-state index in [2.05, 4.69) is 32.0 Å². The molecule has 0 N–H and O–H groups in total. The Labute approximate surface area is 119 Å². The van der Waals surface area contributed by atoms with Crippen molar-refractivity contribution in [3.63, 3.8) is 0 Å². The van der Waals surface area contributed by atoms with E-state index in [-0.39, 0.29) is 5.38 Å². The Hall–Kier alpha value is -0.980. The van der Waals surface area contributed by atoms with Crippen LogP contribution in [0, 0.1) is 20.8 Å². The van der Waals surface area contributed by atoms with E-state index in [1.807, 2.05) is 25.1 Å². The minimum absolute atomic E-state index is 0.196. The largest absolute Gasteiger partial charge is 0.113 e. The molecule has 0 heterocycles. The highest BCUT2D eigenvalue weighted by Crippen LogP contribution is 2.36. The quantitative estimate of drug-likeness (QED) is 0.628.